The number of rotatable bonds is 5. The first-order valence-electron chi connectivity index (χ1n) is 6.85. The summed E-state index contributed by atoms with van der Waals surface area (Å²) in [7, 11) is 0. The van der Waals surface area contributed by atoms with E-state index in [0.717, 1.165) is 32.4 Å². The molecule has 1 saturated carbocycles. The summed E-state index contributed by atoms with van der Waals surface area (Å²) >= 11 is 0. The molecule has 0 aliphatic heterocycles. The lowest BCUT2D eigenvalue weighted by Crippen LogP contribution is -2.36. The van der Waals surface area contributed by atoms with Gasteiger partial charge in [0.2, 0.25) is 0 Å². The largest absolute Gasteiger partial charge is 0.393 e. The van der Waals surface area contributed by atoms with Gasteiger partial charge in [0.15, 0.2) is 0 Å². The van der Waals surface area contributed by atoms with Gasteiger partial charge in [0, 0.05) is 31.0 Å². The second-order valence-corrected chi connectivity index (χ2v) is 5.09. The molecule has 96 valence electrons. The number of nitrogens with one attached hydrogen (secondary N) is 1. The number of hydrogen-bond donors (Lipinski definition) is 2. The lowest BCUT2D eigenvalue weighted by atomic mass is 9.93. The maximum atomic E-state index is 9.63. The van der Waals surface area contributed by atoms with E-state index < -0.39 is 0 Å². The van der Waals surface area contributed by atoms with Crippen LogP contribution < -0.4 is 5.32 Å². The number of aryl methyl sites for hydroxylation is 1. The van der Waals surface area contributed by atoms with Gasteiger partial charge < -0.3 is 15.0 Å². The highest BCUT2D eigenvalue weighted by atomic mass is 16.3. The monoisotopic (exact) mass is 236 g/mol. The third kappa shape index (κ3) is 3.58. The molecular weight excluding hydrogens is 212 g/mol. The summed E-state index contributed by atoms with van der Waals surface area (Å²) in [4.78, 5) is 0. The van der Waals surface area contributed by atoms with Gasteiger partial charge in [0.25, 0.3) is 0 Å². The first-order chi connectivity index (χ1) is 8.29. The molecule has 3 heteroatoms. The number of nitrogens with zero attached hydrogens (tertiary/aromatic N) is 1. The highest BCUT2D eigenvalue weighted by Crippen LogP contribution is 2.18. The molecule has 1 aliphatic rings. The van der Waals surface area contributed by atoms with Crippen molar-refractivity contribution in [1.82, 2.24) is 9.88 Å². The van der Waals surface area contributed by atoms with Crippen LogP contribution >= 0.6 is 0 Å². The van der Waals surface area contributed by atoms with Crippen molar-refractivity contribution in [1.29, 1.82) is 0 Å². The molecule has 1 aliphatic carbocycles. The summed E-state index contributed by atoms with van der Waals surface area (Å²) < 4.78 is 2.31. The maximum Gasteiger partial charge on any atom is 0.0555 e. The first kappa shape index (κ1) is 12.7. The summed E-state index contributed by atoms with van der Waals surface area (Å²) in [6, 6.07) is 4.79. The molecule has 0 spiro atoms. The van der Waals surface area contributed by atoms with E-state index in [2.05, 4.69) is 35.1 Å². The lowest BCUT2D eigenvalue weighted by Gasteiger charge is -2.27. The predicted molar refractivity (Wildman–Crippen MR) is 69.8 cm³/mol. The normalized spacial score (nSPS) is 25.1. The highest BCUT2D eigenvalue weighted by molar-refractivity contribution is 5.07. The van der Waals surface area contributed by atoms with Crippen LogP contribution in [0.1, 0.15) is 44.7 Å². The van der Waals surface area contributed by atoms with Crippen molar-refractivity contribution in [3.8, 4) is 0 Å². The zero-order chi connectivity index (χ0) is 12.1. The molecule has 1 aromatic heterocycles. The van der Waals surface area contributed by atoms with Crippen molar-refractivity contribution < 1.29 is 5.11 Å². The molecule has 1 heterocycles. The van der Waals surface area contributed by atoms with Gasteiger partial charge in [-0.1, -0.05) is 6.92 Å². The minimum absolute atomic E-state index is 0.0938. The van der Waals surface area contributed by atoms with E-state index in [1.807, 2.05) is 0 Å². The molecule has 2 rings (SSSR count). The lowest BCUT2D eigenvalue weighted by molar-refractivity contribution is 0.111. The van der Waals surface area contributed by atoms with Gasteiger partial charge >= 0.3 is 0 Å². The van der Waals surface area contributed by atoms with Gasteiger partial charge in [0.05, 0.1) is 6.10 Å². The molecule has 0 bridgehead atoms. The molecule has 2 atom stereocenters. The summed E-state index contributed by atoms with van der Waals surface area (Å²) in [5.41, 5.74) is 1.35. The van der Waals surface area contributed by atoms with Crippen LogP contribution in [0.5, 0.6) is 0 Å². The molecule has 3 nitrogen and oxygen atoms in total. The molecule has 2 unspecified atom stereocenters. The minimum Gasteiger partial charge on any atom is -0.393 e. The van der Waals surface area contributed by atoms with E-state index in [4.69, 9.17) is 0 Å². The van der Waals surface area contributed by atoms with Gasteiger partial charge in [-0.2, -0.15) is 0 Å². The Labute approximate surface area is 104 Å². The maximum absolute atomic E-state index is 9.63. The quantitative estimate of drug-likeness (QED) is 0.823. The van der Waals surface area contributed by atoms with Gasteiger partial charge in [-0.3, -0.25) is 0 Å². The molecule has 2 N–H and O–H groups in total. The molecule has 0 amide bonds. The summed E-state index contributed by atoms with van der Waals surface area (Å²) in [5.74, 6) is 0. The third-order valence-electron chi connectivity index (χ3n) is 3.61. The van der Waals surface area contributed by atoms with E-state index in [1.54, 1.807) is 0 Å². The second-order valence-electron chi connectivity index (χ2n) is 5.09. The SMILES string of the molecule is CCCn1cccc1CNC1CCCC(O)C1. The first-order valence-corrected chi connectivity index (χ1v) is 6.85. The number of aliphatic hydroxyl groups is 1. The van der Waals surface area contributed by atoms with E-state index in [-0.39, 0.29) is 6.10 Å². The number of hydrogen-bond acceptors (Lipinski definition) is 2. The molecule has 0 saturated heterocycles. The van der Waals surface area contributed by atoms with Crippen molar-refractivity contribution in [2.24, 2.45) is 0 Å². The zero-order valence-corrected chi connectivity index (χ0v) is 10.7. The zero-order valence-electron chi connectivity index (χ0n) is 10.7. The van der Waals surface area contributed by atoms with Crippen molar-refractivity contribution in [2.75, 3.05) is 0 Å². The number of aliphatic hydroxyl groups excluding tert-OH is 1. The van der Waals surface area contributed by atoms with E-state index in [0.29, 0.717) is 6.04 Å². The van der Waals surface area contributed by atoms with Crippen LogP contribution in [0, 0.1) is 0 Å². The minimum atomic E-state index is -0.0938. The van der Waals surface area contributed by atoms with Crippen LogP contribution in [-0.2, 0) is 13.1 Å². The van der Waals surface area contributed by atoms with Gasteiger partial charge in [0.1, 0.15) is 0 Å². The van der Waals surface area contributed by atoms with Crippen molar-refractivity contribution in [3.05, 3.63) is 24.0 Å². The second kappa shape index (κ2) is 6.22. The van der Waals surface area contributed by atoms with Crippen molar-refractivity contribution in [2.45, 2.75) is 64.3 Å². The fraction of sp³-hybridized carbons (Fsp3) is 0.714. The summed E-state index contributed by atoms with van der Waals surface area (Å²) in [6.07, 6.45) is 7.46. The van der Waals surface area contributed by atoms with Crippen LogP contribution in [0.3, 0.4) is 0 Å². The Kier molecular flexibility index (Phi) is 4.63. The fourth-order valence-electron chi connectivity index (χ4n) is 2.67. The topological polar surface area (TPSA) is 37.2 Å². The molecule has 17 heavy (non-hydrogen) atoms. The van der Waals surface area contributed by atoms with E-state index in [9.17, 15) is 5.11 Å². The van der Waals surface area contributed by atoms with E-state index in [1.165, 1.54) is 18.5 Å². The predicted octanol–water partition coefficient (Wildman–Crippen LogP) is 2.29. The Balaban J connectivity index is 1.82. The summed E-state index contributed by atoms with van der Waals surface area (Å²) in [5, 5.41) is 13.2. The van der Waals surface area contributed by atoms with Crippen molar-refractivity contribution >= 4 is 0 Å². The molecule has 1 aromatic rings. The Bertz CT molecular complexity index is 335. The van der Waals surface area contributed by atoms with Crippen LogP contribution in [-0.4, -0.2) is 21.8 Å². The van der Waals surface area contributed by atoms with Gasteiger partial charge in [-0.15, -0.1) is 0 Å². The van der Waals surface area contributed by atoms with Crippen LogP contribution in [0.2, 0.25) is 0 Å². The number of aromatic nitrogens is 1. The van der Waals surface area contributed by atoms with Gasteiger partial charge in [-0.05, 0) is 44.2 Å². The Hall–Kier alpha value is -0.800. The van der Waals surface area contributed by atoms with E-state index >= 15 is 0 Å². The molecule has 1 fully saturated rings. The Morgan fingerprint density at radius 3 is 3.12 bits per heavy atom. The standard InChI is InChI=1S/C14H24N2O/c1-2-8-16-9-4-6-13(16)11-15-12-5-3-7-14(17)10-12/h4,6,9,12,14-15,17H,2-3,5,7-8,10-11H2,1H3. The Morgan fingerprint density at radius 2 is 2.35 bits per heavy atom. The fourth-order valence-corrected chi connectivity index (χ4v) is 2.67. The molecule has 0 radical (unpaired) electrons. The highest BCUT2D eigenvalue weighted by Gasteiger charge is 2.19. The molecular formula is C14H24N2O. The average molecular weight is 236 g/mol. The molecule has 0 aromatic carbocycles. The summed E-state index contributed by atoms with van der Waals surface area (Å²) in [6.45, 7) is 4.22. The Morgan fingerprint density at radius 1 is 1.47 bits per heavy atom. The van der Waals surface area contributed by atoms with Crippen LogP contribution in [0.4, 0.5) is 0 Å². The van der Waals surface area contributed by atoms with Crippen LogP contribution in [0.15, 0.2) is 18.3 Å². The van der Waals surface area contributed by atoms with Crippen molar-refractivity contribution in [3.63, 3.8) is 0 Å². The average Bonchev–Trinajstić information content (AvgIpc) is 2.75. The van der Waals surface area contributed by atoms with Gasteiger partial charge in [-0.25, -0.2) is 0 Å². The van der Waals surface area contributed by atoms with Crippen LogP contribution in [0.25, 0.3) is 0 Å². The smallest absolute Gasteiger partial charge is 0.0555 e. The third-order valence-corrected chi connectivity index (χ3v) is 3.61.